The molecule has 0 saturated carbocycles. The molecule has 2 aromatic rings. The molecule has 1 atom stereocenters. The smallest absolute Gasteiger partial charge is 0.217 e. The maximum Gasteiger partial charge on any atom is 0.217 e. The van der Waals surface area contributed by atoms with Gasteiger partial charge in [-0.1, -0.05) is 6.92 Å². The van der Waals surface area contributed by atoms with Crippen molar-refractivity contribution in [2.75, 3.05) is 6.26 Å². The van der Waals surface area contributed by atoms with Crippen LogP contribution in [-0.2, 0) is 16.3 Å². The molecule has 0 aliphatic rings. The summed E-state index contributed by atoms with van der Waals surface area (Å²) in [6, 6.07) is 6.27. The van der Waals surface area contributed by atoms with Crippen molar-refractivity contribution in [1.82, 2.24) is 9.78 Å². The lowest BCUT2D eigenvalue weighted by molar-refractivity contribution is 0.427. The number of nitrogens with zero attached hydrogens (tertiary/aromatic N) is 2. The SMILES string of the molecule is CCC(S)Cc1c(C)nn(-c2ccc(S(C)(=O)=O)cc2)c1O. The molecule has 5 nitrogen and oxygen atoms in total. The Balaban J connectivity index is 2.39. The Bertz CT molecular complexity index is 765. The summed E-state index contributed by atoms with van der Waals surface area (Å²) in [4.78, 5) is 0.237. The molecule has 0 spiro atoms. The largest absolute Gasteiger partial charge is 0.493 e. The van der Waals surface area contributed by atoms with Gasteiger partial charge in [-0.15, -0.1) is 0 Å². The van der Waals surface area contributed by atoms with E-state index in [1.807, 2.05) is 13.8 Å². The van der Waals surface area contributed by atoms with Crippen molar-refractivity contribution in [3.8, 4) is 11.6 Å². The quantitative estimate of drug-likeness (QED) is 0.821. The molecule has 0 aliphatic carbocycles. The van der Waals surface area contributed by atoms with Gasteiger partial charge in [0.25, 0.3) is 0 Å². The lowest BCUT2D eigenvalue weighted by Gasteiger charge is -2.08. The molecule has 1 heterocycles. The molecule has 1 N–H and O–H groups in total. The van der Waals surface area contributed by atoms with Crippen LogP contribution >= 0.6 is 12.6 Å². The third-order valence-corrected chi connectivity index (χ3v) is 5.25. The van der Waals surface area contributed by atoms with Crippen molar-refractivity contribution < 1.29 is 13.5 Å². The van der Waals surface area contributed by atoms with Crippen LogP contribution in [0.3, 0.4) is 0 Å². The van der Waals surface area contributed by atoms with Crippen molar-refractivity contribution in [2.45, 2.75) is 36.8 Å². The fourth-order valence-electron chi connectivity index (χ4n) is 2.18. The summed E-state index contributed by atoms with van der Waals surface area (Å²) in [5.41, 5.74) is 2.14. The van der Waals surface area contributed by atoms with Crippen LogP contribution in [0.5, 0.6) is 5.88 Å². The van der Waals surface area contributed by atoms with Gasteiger partial charge in [-0.05, 0) is 44.0 Å². The summed E-state index contributed by atoms with van der Waals surface area (Å²) in [7, 11) is -3.24. The predicted molar refractivity (Wildman–Crippen MR) is 89.8 cm³/mol. The number of aryl methyl sites for hydroxylation is 1. The molecule has 1 aromatic heterocycles. The normalized spacial score (nSPS) is 13.3. The highest BCUT2D eigenvalue weighted by Gasteiger charge is 2.18. The van der Waals surface area contributed by atoms with Crippen molar-refractivity contribution >= 4 is 22.5 Å². The molecule has 0 aliphatic heterocycles. The number of aromatic hydroxyl groups is 1. The zero-order chi connectivity index (χ0) is 16.5. The first-order chi connectivity index (χ1) is 10.2. The predicted octanol–water partition coefficient (Wildman–Crippen LogP) is 2.54. The fraction of sp³-hybridized carbons (Fsp3) is 0.400. The monoisotopic (exact) mass is 340 g/mol. The maximum absolute atomic E-state index is 11.5. The lowest BCUT2D eigenvalue weighted by atomic mass is 10.1. The summed E-state index contributed by atoms with van der Waals surface area (Å²) in [6.45, 7) is 3.88. The van der Waals surface area contributed by atoms with Gasteiger partial charge in [-0.3, -0.25) is 0 Å². The Kier molecular flexibility index (Phi) is 4.87. The summed E-state index contributed by atoms with van der Waals surface area (Å²) in [6.07, 6.45) is 2.70. The topological polar surface area (TPSA) is 72.2 Å². The van der Waals surface area contributed by atoms with Gasteiger partial charge in [-0.2, -0.15) is 17.7 Å². The van der Waals surface area contributed by atoms with Crippen LogP contribution in [0, 0.1) is 6.92 Å². The van der Waals surface area contributed by atoms with Crippen molar-refractivity contribution in [3.05, 3.63) is 35.5 Å². The van der Waals surface area contributed by atoms with E-state index >= 15 is 0 Å². The second-order valence-electron chi connectivity index (χ2n) is 5.33. The summed E-state index contributed by atoms with van der Waals surface area (Å²) in [5.74, 6) is 0.0807. The van der Waals surface area contributed by atoms with Crippen LogP contribution in [0.1, 0.15) is 24.6 Å². The molecule has 0 bridgehead atoms. The van der Waals surface area contributed by atoms with Gasteiger partial charge in [0.15, 0.2) is 9.84 Å². The highest BCUT2D eigenvalue weighted by atomic mass is 32.2. The van der Waals surface area contributed by atoms with Crippen LogP contribution in [0.2, 0.25) is 0 Å². The van der Waals surface area contributed by atoms with Gasteiger partial charge in [0.05, 0.1) is 16.3 Å². The van der Waals surface area contributed by atoms with E-state index in [2.05, 4.69) is 17.7 Å². The lowest BCUT2D eigenvalue weighted by Crippen LogP contribution is -2.02. The molecule has 2 rings (SSSR count). The minimum absolute atomic E-state index is 0.0807. The highest BCUT2D eigenvalue weighted by Crippen LogP contribution is 2.27. The van der Waals surface area contributed by atoms with Crippen LogP contribution in [-0.4, -0.2) is 34.8 Å². The van der Waals surface area contributed by atoms with Gasteiger partial charge in [0.2, 0.25) is 5.88 Å². The van der Waals surface area contributed by atoms with Crippen LogP contribution in [0.4, 0.5) is 0 Å². The minimum atomic E-state index is -3.24. The number of hydrogen-bond acceptors (Lipinski definition) is 5. The van der Waals surface area contributed by atoms with Crippen molar-refractivity contribution in [1.29, 1.82) is 0 Å². The molecule has 0 radical (unpaired) electrons. The number of rotatable bonds is 5. The number of hydrogen-bond donors (Lipinski definition) is 2. The van der Waals surface area contributed by atoms with Crippen molar-refractivity contribution in [3.63, 3.8) is 0 Å². The zero-order valence-electron chi connectivity index (χ0n) is 12.8. The molecule has 22 heavy (non-hydrogen) atoms. The van der Waals surface area contributed by atoms with Gasteiger partial charge >= 0.3 is 0 Å². The maximum atomic E-state index is 11.5. The molecule has 0 fully saturated rings. The van der Waals surface area contributed by atoms with Crippen LogP contribution in [0.25, 0.3) is 5.69 Å². The Labute approximate surface area is 136 Å². The first-order valence-electron chi connectivity index (χ1n) is 7.00. The van der Waals surface area contributed by atoms with E-state index in [4.69, 9.17) is 0 Å². The summed E-state index contributed by atoms with van der Waals surface area (Å²) < 4.78 is 24.4. The Hall–Kier alpha value is -1.47. The average molecular weight is 340 g/mol. The second kappa shape index (κ2) is 6.34. The summed E-state index contributed by atoms with van der Waals surface area (Å²) in [5, 5.41) is 14.9. The van der Waals surface area contributed by atoms with Gasteiger partial charge < -0.3 is 5.11 Å². The molecule has 7 heteroatoms. The van der Waals surface area contributed by atoms with E-state index < -0.39 is 9.84 Å². The second-order valence-corrected chi connectivity index (χ2v) is 8.08. The first-order valence-corrected chi connectivity index (χ1v) is 9.40. The van der Waals surface area contributed by atoms with Gasteiger partial charge in [0, 0.05) is 17.1 Å². The van der Waals surface area contributed by atoms with E-state index in [-0.39, 0.29) is 16.0 Å². The Morgan fingerprint density at radius 1 is 1.32 bits per heavy atom. The average Bonchev–Trinajstić information content (AvgIpc) is 2.74. The van der Waals surface area contributed by atoms with E-state index in [1.54, 1.807) is 12.1 Å². The van der Waals surface area contributed by atoms with E-state index in [0.29, 0.717) is 12.1 Å². The zero-order valence-corrected chi connectivity index (χ0v) is 14.5. The highest BCUT2D eigenvalue weighted by molar-refractivity contribution is 7.90. The minimum Gasteiger partial charge on any atom is -0.493 e. The summed E-state index contributed by atoms with van der Waals surface area (Å²) >= 11 is 4.46. The van der Waals surface area contributed by atoms with Gasteiger partial charge in [0.1, 0.15) is 0 Å². The number of thiol groups is 1. The van der Waals surface area contributed by atoms with E-state index in [0.717, 1.165) is 23.9 Å². The number of sulfone groups is 1. The fourth-order valence-corrected chi connectivity index (χ4v) is 2.99. The molecular weight excluding hydrogens is 320 g/mol. The molecule has 0 amide bonds. The molecular formula is C15H20N2O3S2. The van der Waals surface area contributed by atoms with Crippen LogP contribution in [0.15, 0.2) is 29.2 Å². The Morgan fingerprint density at radius 3 is 2.41 bits per heavy atom. The molecule has 120 valence electrons. The first kappa shape index (κ1) is 16.9. The van der Waals surface area contributed by atoms with E-state index in [1.165, 1.54) is 16.8 Å². The molecule has 1 aromatic carbocycles. The molecule has 0 saturated heterocycles. The third kappa shape index (κ3) is 3.47. The van der Waals surface area contributed by atoms with Crippen molar-refractivity contribution in [2.24, 2.45) is 0 Å². The third-order valence-electron chi connectivity index (χ3n) is 3.58. The Morgan fingerprint density at radius 2 is 1.91 bits per heavy atom. The number of benzene rings is 1. The van der Waals surface area contributed by atoms with Gasteiger partial charge in [-0.25, -0.2) is 13.1 Å². The van der Waals surface area contributed by atoms with E-state index in [9.17, 15) is 13.5 Å². The standard InChI is InChI=1S/C15H20N2O3S2/c1-4-12(21)9-14-10(2)16-17(15(14)18)11-5-7-13(8-6-11)22(3,19)20/h5-8,12,18,21H,4,9H2,1-3H3. The number of aromatic nitrogens is 2. The van der Waals surface area contributed by atoms with Crippen LogP contribution < -0.4 is 0 Å². The molecule has 1 unspecified atom stereocenters.